The molecule has 2 amide bonds. The van der Waals surface area contributed by atoms with E-state index >= 15 is 0 Å². The van der Waals surface area contributed by atoms with Gasteiger partial charge in [0.05, 0.1) is 5.92 Å². The van der Waals surface area contributed by atoms with Gasteiger partial charge in [-0.2, -0.15) is 0 Å². The van der Waals surface area contributed by atoms with E-state index in [9.17, 15) is 19.5 Å². The highest BCUT2D eigenvalue weighted by Gasteiger charge is 2.36. The van der Waals surface area contributed by atoms with Gasteiger partial charge in [0.1, 0.15) is 11.7 Å². The number of amides is 2. The Hall–Kier alpha value is -3.68. The van der Waals surface area contributed by atoms with Crippen LogP contribution in [0.1, 0.15) is 12.0 Å². The topological polar surface area (TPSA) is 115 Å². The van der Waals surface area contributed by atoms with Gasteiger partial charge in [-0.3, -0.25) is 9.59 Å². The van der Waals surface area contributed by atoms with Crippen LogP contribution in [-0.4, -0.2) is 45.4 Å². The van der Waals surface area contributed by atoms with E-state index < -0.39 is 23.8 Å². The second-order valence-electron chi connectivity index (χ2n) is 7.06. The summed E-state index contributed by atoms with van der Waals surface area (Å²) in [7, 11) is 0. The number of hydrogen-bond acceptors (Lipinski definition) is 4. The molecule has 3 aromatic rings. The second-order valence-corrected chi connectivity index (χ2v) is 7.06. The third-order valence-corrected chi connectivity index (χ3v) is 5.14. The number of carbonyl (C=O) groups is 3. The van der Waals surface area contributed by atoms with Gasteiger partial charge in [0.25, 0.3) is 0 Å². The van der Waals surface area contributed by atoms with E-state index in [4.69, 9.17) is 0 Å². The Morgan fingerprint density at radius 2 is 2.03 bits per heavy atom. The Balaban J connectivity index is 1.45. The van der Waals surface area contributed by atoms with E-state index in [2.05, 4.69) is 15.3 Å². The molecular weight excluding hydrogens is 372 g/mol. The fourth-order valence-electron chi connectivity index (χ4n) is 3.63. The van der Waals surface area contributed by atoms with E-state index in [1.807, 2.05) is 36.4 Å². The van der Waals surface area contributed by atoms with Crippen LogP contribution in [0.3, 0.4) is 0 Å². The number of rotatable bonds is 6. The van der Waals surface area contributed by atoms with Gasteiger partial charge in [-0.05, 0) is 29.8 Å². The van der Waals surface area contributed by atoms with Crippen molar-refractivity contribution in [1.29, 1.82) is 0 Å². The summed E-state index contributed by atoms with van der Waals surface area (Å²) in [5, 5.41) is 13.0. The molecular formula is C21H20N4O4. The lowest BCUT2D eigenvalue weighted by Gasteiger charge is -2.18. The Morgan fingerprint density at radius 3 is 2.79 bits per heavy atom. The normalized spacial score (nSPS) is 17.4. The predicted molar refractivity (Wildman–Crippen MR) is 106 cm³/mol. The minimum absolute atomic E-state index is 0.0596. The van der Waals surface area contributed by atoms with Crippen molar-refractivity contribution >= 4 is 34.5 Å². The van der Waals surface area contributed by atoms with Crippen molar-refractivity contribution in [3.63, 3.8) is 0 Å². The summed E-state index contributed by atoms with van der Waals surface area (Å²) < 4.78 is 0. The van der Waals surface area contributed by atoms with Crippen LogP contribution >= 0.6 is 0 Å². The maximum absolute atomic E-state index is 12.7. The summed E-state index contributed by atoms with van der Waals surface area (Å²) in [6.07, 6.45) is 3.53. The van der Waals surface area contributed by atoms with Crippen LogP contribution < -0.4 is 10.2 Å². The number of nitrogens with zero attached hydrogens (tertiary/aromatic N) is 2. The number of carboxylic acid groups (broad SMARTS) is 1. The highest BCUT2D eigenvalue weighted by molar-refractivity contribution is 6.00. The number of aliphatic carboxylic acids is 1. The summed E-state index contributed by atoms with van der Waals surface area (Å²) in [4.78, 5) is 45.5. The highest BCUT2D eigenvalue weighted by atomic mass is 16.4. The van der Waals surface area contributed by atoms with Crippen LogP contribution in [0.5, 0.6) is 0 Å². The maximum atomic E-state index is 12.7. The quantitative estimate of drug-likeness (QED) is 0.591. The number of hydrogen-bond donors (Lipinski definition) is 3. The molecule has 2 atom stereocenters. The molecule has 3 heterocycles. The number of carbonyl (C=O) groups excluding carboxylic acids is 2. The van der Waals surface area contributed by atoms with Gasteiger partial charge in [-0.1, -0.05) is 18.2 Å². The molecule has 0 bridgehead atoms. The molecule has 1 saturated heterocycles. The average molecular weight is 392 g/mol. The Morgan fingerprint density at radius 1 is 1.24 bits per heavy atom. The van der Waals surface area contributed by atoms with Crippen LogP contribution in [0.15, 0.2) is 54.9 Å². The fraction of sp³-hybridized carbons (Fsp3) is 0.238. The Labute approximate surface area is 166 Å². The third-order valence-electron chi connectivity index (χ3n) is 5.14. The number of para-hydroxylation sites is 1. The summed E-state index contributed by atoms with van der Waals surface area (Å²) in [5.41, 5.74) is 2.15. The standard InChI is InChI=1S/C21H20N4O4/c26-18-10-14(12-25(18)15-5-2-1-3-6-15)20(27)24-17(21(28)29)9-13-11-23-19-16(13)7-4-8-22-19/h1-8,11,14,17H,9-10,12H2,(H,22,23)(H,24,27)(H,28,29). The Bertz CT molecular complexity index is 1060. The smallest absolute Gasteiger partial charge is 0.326 e. The molecule has 8 heteroatoms. The minimum Gasteiger partial charge on any atom is -0.480 e. The number of aromatic nitrogens is 2. The number of aromatic amines is 1. The molecule has 0 aliphatic carbocycles. The van der Waals surface area contributed by atoms with Crippen LogP contribution in [0.2, 0.25) is 0 Å². The number of carboxylic acids is 1. The van der Waals surface area contributed by atoms with Crippen LogP contribution in [-0.2, 0) is 20.8 Å². The number of pyridine rings is 1. The molecule has 4 rings (SSSR count). The maximum Gasteiger partial charge on any atom is 0.326 e. The lowest BCUT2D eigenvalue weighted by molar-refractivity contribution is -0.142. The SMILES string of the molecule is O=C(NC(Cc1c[nH]c2ncccc12)C(=O)O)C1CC(=O)N(c2ccccc2)C1. The summed E-state index contributed by atoms with van der Waals surface area (Å²) in [6.45, 7) is 0.234. The van der Waals surface area contributed by atoms with Crippen molar-refractivity contribution in [2.45, 2.75) is 18.9 Å². The van der Waals surface area contributed by atoms with E-state index in [0.717, 1.165) is 16.6 Å². The number of fused-ring (bicyclic) bond motifs is 1. The lowest BCUT2D eigenvalue weighted by atomic mass is 10.0. The largest absolute Gasteiger partial charge is 0.480 e. The first-order valence-electron chi connectivity index (χ1n) is 9.32. The van der Waals surface area contributed by atoms with Crippen LogP contribution in [0, 0.1) is 5.92 Å². The van der Waals surface area contributed by atoms with E-state index in [-0.39, 0.29) is 25.3 Å². The van der Waals surface area contributed by atoms with Crippen molar-refractivity contribution in [3.05, 3.63) is 60.4 Å². The van der Waals surface area contributed by atoms with Gasteiger partial charge >= 0.3 is 5.97 Å². The van der Waals surface area contributed by atoms with Crippen molar-refractivity contribution in [2.75, 3.05) is 11.4 Å². The number of nitrogens with one attached hydrogen (secondary N) is 2. The first-order valence-corrected chi connectivity index (χ1v) is 9.32. The van der Waals surface area contributed by atoms with Gasteiger partial charge < -0.3 is 20.3 Å². The molecule has 1 aliphatic heterocycles. The first kappa shape index (κ1) is 18.7. The molecule has 29 heavy (non-hydrogen) atoms. The molecule has 3 N–H and O–H groups in total. The van der Waals surface area contributed by atoms with Crippen LogP contribution in [0.4, 0.5) is 5.69 Å². The molecule has 0 saturated carbocycles. The minimum atomic E-state index is -1.12. The second kappa shape index (κ2) is 7.75. The molecule has 0 radical (unpaired) electrons. The van der Waals surface area contributed by atoms with Crippen LogP contribution in [0.25, 0.3) is 11.0 Å². The molecule has 1 aromatic carbocycles. The van der Waals surface area contributed by atoms with Crippen molar-refractivity contribution in [2.24, 2.45) is 5.92 Å². The number of anilines is 1. The zero-order valence-electron chi connectivity index (χ0n) is 15.5. The number of benzene rings is 1. The Kier molecular flexibility index (Phi) is 4.99. The van der Waals surface area contributed by atoms with E-state index in [1.165, 1.54) is 0 Å². The van der Waals surface area contributed by atoms with Gasteiger partial charge in [-0.15, -0.1) is 0 Å². The van der Waals surface area contributed by atoms with Gasteiger partial charge in [-0.25, -0.2) is 9.78 Å². The van der Waals surface area contributed by atoms with Gasteiger partial charge in [0.2, 0.25) is 11.8 Å². The van der Waals surface area contributed by atoms with Gasteiger partial charge in [0, 0.05) is 42.9 Å². The molecule has 1 fully saturated rings. The van der Waals surface area contributed by atoms with Crippen molar-refractivity contribution in [1.82, 2.24) is 15.3 Å². The molecule has 1 aliphatic rings. The average Bonchev–Trinajstić information content (AvgIpc) is 3.32. The number of H-pyrrole nitrogens is 1. The third kappa shape index (κ3) is 3.82. The van der Waals surface area contributed by atoms with E-state index in [0.29, 0.717) is 5.65 Å². The molecule has 148 valence electrons. The molecule has 8 nitrogen and oxygen atoms in total. The summed E-state index contributed by atoms with van der Waals surface area (Å²) in [6, 6.07) is 11.7. The zero-order valence-corrected chi connectivity index (χ0v) is 15.5. The summed E-state index contributed by atoms with van der Waals surface area (Å²) in [5.74, 6) is -2.29. The van der Waals surface area contributed by atoms with Crippen molar-refractivity contribution in [3.8, 4) is 0 Å². The summed E-state index contributed by atoms with van der Waals surface area (Å²) >= 11 is 0. The predicted octanol–water partition coefficient (Wildman–Crippen LogP) is 1.73. The molecule has 0 spiro atoms. The first-order chi connectivity index (χ1) is 14.0. The lowest BCUT2D eigenvalue weighted by Crippen LogP contribution is -2.45. The van der Waals surface area contributed by atoms with Gasteiger partial charge in [0.15, 0.2) is 0 Å². The fourth-order valence-corrected chi connectivity index (χ4v) is 3.63. The molecule has 2 unspecified atom stereocenters. The van der Waals surface area contributed by atoms with E-state index in [1.54, 1.807) is 23.4 Å². The highest BCUT2D eigenvalue weighted by Crippen LogP contribution is 2.25. The monoisotopic (exact) mass is 392 g/mol. The van der Waals surface area contributed by atoms with Crippen molar-refractivity contribution < 1.29 is 19.5 Å². The zero-order chi connectivity index (χ0) is 20.4. The molecule has 2 aromatic heterocycles.